The molecule has 1 atom stereocenters. The highest BCUT2D eigenvalue weighted by molar-refractivity contribution is 5.70. The number of allylic oxidation sites excluding steroid dienone is 1. The van der Waals surface area contributed by atoms with Gasteiger partial charge in [-0.05, 0) is 0 Å². The predicted molar refractivity (Wildman–Crippen MR) is 52.9 cm³/mol. The van der Waals surface area contributed by atoms with E-state index in [0.29, 0.717) is 6.42 Å². The minimum absolute atomic E-state index is 0.237. The zero-order valence-corrected chi connectivity index (χ0v) is 9.67. The largest absolute Gasteiger partial charge is 0.432 e. The number of ether oxygens (including phenoxy) is 3. The van der Waals surface area contributed by atoms with E-state index < -0.39 is 31.5 Å². The van der Waals surface area contributed by atoms with Gasteiger partial charge in [-0.1, -0.05) is 13.5 Å². The van der Waals surface area contributed by atoms with Crippen LogP contribution in [0, 0.1) is 0 Å². The molecule has 4 nitrogen and oxygen atoms in total. The Morgan fingerprint density at radius 3 is 2.41 bits per heavy atom. The van der Waals surface area contributed by atoms with Crippen LogP contribution < -0.4 is 0 Å². The smallest absolute Gasteiger partial charge is 0.411 e. The van der Waals surface area contributed by atoms with Gasteiger partial charge < -0.3 is 14.2 Å². The Balaban J connectivity index is 4.04. The molecule has 0 fully saturated rings. The lowest BCUT2D eigenvalue weighted by molar-refractivity contribution is -0.225. The lowest BCUT2D eigenvalue weighted by Gasteiger charge is -2.16. The van der Waals surface area contributed by atoms with Crippen molar-refractivity contribution >= 4 is 5.97 Å². The van der Waals surface area contributed by atoms with Crippen molar-refractivity contribution in [1.29, 1.82) is 0 Å². The third-order valence-corrected chi connectivity index (χ3v) is 1.68. The molecule has 0 aliphatic rings. The molecule has 7 heteroatoms. The summed E-state index contributed by atoms with van der Waals surface area (Å²) in [7, 11) is 1.14. The van der Waals surface area contributed by atoms with Crippen molar-refractivity contribution in [1.82, 2.24) is 0 Å². The lowest BCUT2D eigenvalue weighted by atomic mass is 10.4. The van der Waals surface area contributed by atoms with Gasteiger partial charge in [-0.2, -0.15) is 13.2 Å². The molecule has 0 aliphatic heterocycles. The maximum atomic E-state index is 11.8. The first-order valence-electron chi connectivity index (χ1n) is 4.88. The predicted octanol–water partition coefficient (Wildman–Crippen LogP) is 2.39. The highest BCUT2D eigenvalue weighted by Gasteiger charge is 2.30. The first-order valence-corrected chi connectivity index (χ1v) is 4.88. The molecule has 0 aromatic carbocycles. The first kappa shape index (κ1) is 15.9. The molecule has 0 aromatic heterocycles. The molecule has 1 unspecified atom stereocenters. The van der Waals surface area contributed by atoms with Crippen LogP contribution in [-0.2, 0) is 19.0 Å². The average molecular weight is 256 g/mol. The highest BCUT2D eigenvalue weighted by atomic mass is 19.4. The molecule has 0 spiro atoms. The molecule has 0 aliphatic carbocycles. The van der Waals surface area contributed by atoms with Crippen molar-refractivity contribution in [3.05, 3.63) is 12.3 Å². The molecule has 0 aromatic rings. The summed E-state index contributed by atoms with van der Waals surface area (Å²) in [6.07, 6.45) is -5.74. The van der Waals surface area contributed by atoms with Crippen LogP contribution in [0.4, 0.5) is 13.2 Å². The van der Waals surface area contributed by atoms with Gasteiger partial charge in [0.2, 0.25) is 0 Å². The van der Waals surface area contributed by atoms with E-state index in [1.807, 2.05) is 0 Å². The second-order valence-corrected chi connectivity index (χ2v) is 3.16. The number of carbonyl (C=O) groups excluding carboxylic acids is 1. The minimum atomic E-state index is -4.46. The number of carbonyl (C=O) groups is 1. The van der Waals surface area contributed by atoms with Crippen molar-refractivity contribution in [2.75, 3.05) is 13.7 Å². The SMILES string of the molecule is C=C(CC)OC(=O)CC(OC)OCC(F)(F)F. The Hall–Kier alpha value is -1.08. The summed E-state index contributed by atoms with van der Waals surface area (Å²) in [4.78, 5) is 11.2. The molecular weight excluding hydrogens is 241 g/mol. The average Bonchev–Trinajstić information content (AvgIpc) is 2.22. The van der Waals surface area contributed by atoms with E-state index in [4.69, 9.17) is 0 Å². The van der Waals surface area contributed by atoms with Crippen molar-refractivity contribution < 1.29 is 32.2 Å². The van der Waals surface area contributed by atoms with Crippen molar-refractivity contribution in [2.24, 2.45) is 0 Å². The number of esters is 1. The van der Waals surface area contributed by atoms with E-state index in [9.17, 15) is 18.0 Å². The summed E-state index contributed by atoms with van der Waals surface area (Å²) in [5.74, 6) is -0.508. The second kappa shape index (κ2) is 7.29. The summed E-state index contributed by atoms with van der Waals surface area (Å²) in [5, 5.41) is 0. The zero-order valence-electron chi connectivity index (χ0n) is 9.67. The third-order valence-electron chi connectivity index (χ3n) is 1.68. The molecule has 0 bridgehead atoms. The number of halogens is 3. The van der Waals surface area contributed by atoms with Gasteiger partial charge in [0, 0.05) is 13.5 Å². The van der Waals surface area contributed by atoms with Crippen LogP contribution in [0.1, 0.15) is 19.8 Å². The lowest BCUT2D eigenvalue weighted by Crippen LogP contribution is -2.27. The van der Waals surface area contributed by atoms with Crippen LogP contribution in [0.5, 0.6) is 0 Å². The number of hydrogen-bond donors (Lipinski definition) is 0. The van der Waals surface area contributed by atoms with Gasteiger partial charge in [-0.15, -0.1) is 0 Å². The maximum Gasteiger partial charge on any atom is 0.411 e. The van der Waals surface area contributed by atoms with E-state index >= 15 is 0 Å². The molecule has 0 rings (SSSR count). The first-order chi connectivity index (χ1) is 7.78. The van der Waals surface area contributed by atoms with E-state index in [0.717, 1.165) is 7.11 Å². The van der Waals surface area contributed by atoms with Crippen LogP contribution in [-0.4, -0.2) is 32.2 Å². The Bertz CT molecular complexity index is 263. The Morgan fingerprint density at radius 1 is 1.41 bits per heavy atom. The van der Waals surface area contributed by atoms with E-state index in [-0.39, 0.29) is 5.76 Å². The monoisotopic (exact) mass is 256 g/mol. The number of hydrogen-bond acceptors (Lipinski definition) is 4. The standard InChI is InChI=1S/C10H15F3O4/c1-4-7(2)17-8(14)5-9(15-3)16-6-10(11,12)13/h9H,2,4-6H2,1,3H3. The Morgan fingerprint density at radius 2 is 2.00 bits per heavy atom. The van der Waals surface area contributed by atoms with Gasteiger partial charge in [0.1, 0.15) is 12.4 Å². The molecule has 100 valence electrons. The van der Waals surface area contributed by atoms with Crippen molar-refractivity contribution in [3.8, 4) is 0 Å². The molecule has 17 heavy (non-hydrogen) atoms. The summed E-state index contributed by atoms with van der Waals surface area (Å²) < 4.78 is 49.2. The summed E-state index contributed by atoms with van der Waals surface area (Å²) >= 11 is 0. The van der Waals surface area contributed by atoms with E-state index in [2.05, 4.69) is 20.8 Å². The van der Waals surface area contributed by atoms with E-state index in [1.54, 1.807) is 6.92 Å². The summed E-state index contributed by atoms with van der Waals surface area (Å²) in [6, 6.07) is 0. The van der Waals surface area contributed by atoms with Gasteiger partial charge in [0.15, 0.2) is 6.29 Å². The summed E-state index contributed by atoms with van der Waals surface area (Å²) in [6.45, 7) is 3.67. The van der Waals surface area contributed by atoms with Gasteiger partial charge in [0.25, 0.3) is 0 Å². The molecule has 0 saturated carbocycles. The fourth-order valence-electron chi connectivity index (χ4n) is 0.809. The topological polar surface area (TPSA) is 44.8 Å². The number of rotatable bonds is 7. The molecule has 0 N–H and O–H groups in total. The van der Waals surface area contributed by atoms with Crippen LogP contribution >= 0.6 is 0 Å². The minimum Gasteiger partial charge on any atom is -0.432 e. The summed E-state index contributed by atoms with van der Waals surface area (Å²) in [5.41, 5.74) is 0. The zero-order chi connectivity index (χ0) is 13.5. The van der Waals surface area contributed by atoms with Gasteiger partial charge in [-0.3, -0.25) is 4.79 Å². The second-order valence-electron chi connectivity index (χ2n) is 3.16. The fourth-order valence-corrected chi connectivity index (χ4v) is 0.809. The molecule has 0 amide bonds. The van der Waals surface area contributed by atoms with Crippen LogP contribution in [0.25, 0.3) is 0 Å². The molecule has 0 radical (unpaired) electrons. The van der Waals surface area contributed by atoms with E-state index in [1.165, 1.54) is 0 Å². The quantitative estimate of drug-likeness (QED) is 0.398. The number of methoxy groups -OCH3 is 1. The molecular formula is C10H15F3O4. The van der Waals surface area contributed by atoms with Gasteiger partial charge in [-0.25, -0.2) is 0 Å². The highest BCUT2D eigenvalue weighted by Crippen LogP contribution is 2.17. The number of alkyl halides is 3. The Kier molecular flexibility index (Phi) is 6.82. The van der Waals surface area contributed by atoms with Gasteiger partial charge >= 0.3 is 12.1 Å². The maximum absolute atomic E-state index is 11.8. The van der Waals surface area contributed by atoms with Gasteiger partial charge in [0.05, 0.1) is 6.42 Å². The molecule has 0 saturated heterocycles. The third kappa shape index (κ3) is 8.70. The van der Waals surface area contributed by atoms with Crippen LogP contribution in [0.15, 0.2) is 12.3 Å². The van der Waals surface area contributed by atoms with Crippen LogP contribution in [0.2, 0.25) is 0 Å². The normalized spacial score (nSPS) is 13.2. The Labute approximate surface area is 97.3 Å². The molecule has 0 heterocycles. The fraction of sp³-hybridized carbons (Fsp3) is 0.700. The van der Waals surface area contributed by atoms with Crippen molar-refractivity contribution in [2.45, 2.75) is 32.2 Å². The van der Waals surface area contributed by atoms with Crippen LogP contribution in [0.3, 0.4) is 0 Å². The van der Waals surface area contributed by atoms with Crippen molar-refractivity contribution in [3.63, 3.8) is 0 Å².